The van der Waals surface area contributed by atoms with Crippen molar-refractivity contribution in [3.05, 3.63) is 53.9 Å². The number of hydrogen-bond donors (Lipinski definition) is 3. The first kappa shape index (κ1) is 18.1. The van der Waals surface area contributed by atoms with Crippen molar-refractivity contribution >= 4 is 11.8 Å². The fraction of sp³-hybridized carbons (Fsp3) is 0.421. The van der Waals surface area contributed by atoms with Gasteiger partial charge in [0, 0.05) is 38.8 Å². The van der Waals surface area contributed by atoms with Gasteiger partial charge in [-0.25, -0.2) is 0 Å². The first-order chi connectivity index (χ1) is 12.5. The third kappa shape index (κ3) is 4.29. The van der Waals surface area contributed by atoms with Crippen molar-refractivity contribution in [3.63, 3.8) is 0 Å². The summed E-state index contributed by atoms with van der Waals surface area (Å²) in [5, 5.41) is 13.2. The second-order valence-corrected chi connectivity index (χ2v) is 6.75. The summed E-state index contributed by atoms with van der Waals surface area (Å²) in [5.41, 5.74) is 2.06. The van der Waals surface area contributed by atoms with Crippen LogP contribution < -0.4 is 16.0 Å². The zero-order valence-corrected chi connectivity index (χ0v) is 15.1. The highest BCUT2D eigenvalue weighted by Gasteiger charge is 2.35. The standard InChI is InChI=1S/C19H25N5O2/c1-13(18(25)21-8-14-6-4-3-5-7-14)23-19(26)17-11-20-10-16(17)15-9-22-24(2)12-15/h3-7,9,12-13,16-17,20H,8,10-11H2,1-2H3,(H,21,25)(H,23,26)/t13?,16-,17+/m1/s1. The number of aryl methyl sites for hydroxylation is 1. The highest BCUT2D eigenvalue weighted by atomic mass is 16.2. The summed E-state index contributed by atoms with van der Waals surface area (Å²) in [6.45, 7) is 3.49. The van der Waals surface area contributed by atoms with Gasteiger partial charge in [-0.15, -0.1) is 0 Å². The van der Waals surface area contributed by atoms with E-state index in [0.717, 1.165) is 17.7 Å². The van der Waals surface area contributed by atoms with Crippen LogP contribution in [0.4, 0.5) is 0 Å². The van der Waals surface area contributed by atoms with Crippen LogP contribution in [0.25, 0.3) is 0 Å². The number of nitrogens with zero attached hydrogens (tertiary/aromatic N) is 2. The van der Waals surface area contributed by atoms with E-state index in [4.69, 9.17) is 0 Å². The van der Waals surface area contributed by atoms with E-state index in [1.165, 1.54) is 0 Å². The zero-order chi connectivity index (χ0) is 18.5. The largest absolute Gasteiger partial charge is 0.350 e. The second-order valence-electron chi connectivity index (χ2n) is 6.75. The molecule has 1 fully saturated rings. The third-order valence-electron chi connectivity index (χ3n) is 4.77. The number of carbonyl (C=O) groups excluding carboxylic acids is 2. The van der Waals surface area contributed by atoms with Crippen molar-refractivity contribution in [3.8, 4) is 0 Å². The summed E-state index contributed by atoms with van der Waals surface area (Å²) in [5.74, 6) is -0.427. The van der Waals surface area contributed by atoms with Crippen molar-refractivity contribution in [1.29, 1.82) is 0 Å². The van der Waals surface area contributed by atoms with E-state index in [1.807, 2.05) is 43.6 Å². The number of nitrogens with one attached hydrogen (secondary N) is 3. The number of aromatic nitrogens is 2. The molecular formula is C19H25N5O2. The average Bonchev–Trinajstić information content (AvgIpc) is 3.29. The number of benzene rings is 1. The van der Waals surface area contributed by atoms with Gasteiger partial charge in [-0.05, 0) is 18.1 Å². The van der Waals surface area contributed by atoms with Crippen molar-refractivity contribution in [2.75, 3.05) is 13.1 Å². The van der Waals surface area contributed by atoms with Crippen molar-refractivity contribution < 1.29 is 9.59 Å². The van der Waals surface area contributed by atoms with Crippen molar-refractivity contribution in [1.82, 2.24) is 25.7 Å². The molecular weight excluding hydrogens is 330 g/mol. The quantitative estimate of drug-likeness (QED) is 0.706. The summed E-state index contributed by atoms with van der Waals surface area (Å²) in [7, 11) is 1.86. The van der Waals surface area contributed by atoms with E-state index in [2.05, 4.69) is 21.0 Å². The molecule has 0 aliphatic carbocycles. The van der Waals surface area contributed by atoms with E-state index >= 15 is 0 Å². The molecule has 1 aromatic heterocycles. The van der Waals surface area contributed by atoms with Gasteiger partial charge in [0.15, 0.2) is 0 Å². The predicted molar refractivity (Wildman–Crippen MR) is 98.2 cm³/mol. The van der Waals surface area contributed by atoms with E-state index < -0.39 is 6.04 Å². The average molecular weight is 355 g/mol. The van der Waals surface area contributed by atoms with Gasteiger partial charge in [-0.3, -0.25) is 14.3 Å². The molecule has 3 N–H and O–H groups in total. The SMILES string of the molecule is CC(NC(=O)[C@H]1CNC[C@@H]1c1cnn(C)c1)C(=O)NCc1ccccc1. The van der Waals surface area contributed by atoms with Gasteiger partial charge >= 0.3 is 0 Å². The van der Waals surface area contributed by atoms with Gasteiger partial charge in [-0.1, -0.05) is 30.3 Å². The van der Waals surface area contributed by atoms with Crippen molar-refractivity contribution in [2.24, 2.45) is 13.0 Å². The van der Waals surface area contributed by atoms with Gasteiger partial charge in [0.25, 0.3) is 0 Å². The number of amides is 2. The Morgan fingerprint density at radius 1 is 1.31 bits per heavy atom. The highest BCUT2D eigenvalue weighted by Crippen LogP contribution is 2.27. The molecule has 7 heteroatoms. The number of rotatable bonds is 6. The van der Waals surface area contributed by atoms with Crippen LogP contribution in [0.3, 0.4) is 0 Å². The Balaban J connectivity index is 1.53. The minimum absolute atomic E-state index is 0.0725. The topological polar surface area (TPSA) is 88.1 Å². The van der Waals surface area contributed by atoms with E-state index in [-0.39, 0.29) is 23.7 Å². The van der Waals surface area contributed by atoms with Gasteiger partial charge in [-0.2, -0.15) is 5.10 Å². The molecule has 2 heterocycles. The van der Waals surface area contributed by atoms with Crippen LogP contribution in [0.2, 0.25) is 0 Å². The molecule has 0 radical (unpaired) electrons. The zero-order valence-electron chi connectivity index (χ0n) is 15.1. The van der Waals surface area contributed by atoms with E-state index in [9.17, 15) is 9.59 Å². The van der Waals surface area contributed by atoms with E-state index in [1.54, 1.807) is 17.8 Å². The highest BCUT2D eigenvalue weighted by molar-refractivity contribution is 5.88. The molecule has 0 saturated carbocycles. The van der Waals surface area contributed by atoms with Crippen LogP contribution in [0.5, 0.6) is 0 Å². The molecule has 1 unspecified atom stereocenters. The molecule has 26 heavy (non-hydrogen) atoms. The molecule has 0 bridgehead atoms. The minimum atomic E-state index is -0.582. The lowest BCUT2D eigenvalue weighted by Gasteiger charge is -2.20. The molecule has 1 aliphatic rings. The lowest BCUT2D eigenvalue weighted by atomic mass is 9.90. The molecule has 1 aliphatic heterocycles. The molecule has 7 nitrogen and oxygen atoms in total. The fourth-order valence-electron chi connectivity index (χ4n) is 3.26. The maximum Gasteiger partial charge on any atom is 0.242 e. The molecule has 2 aromatic rings. The molecule has 3 rings (SSSR count). The summed E-state index contributed by atoms with van der Waals surface area (Å²) in [4.78, 5) is 24.9. The van der Waals surface area contributed by atoms with Gasteiger partial charge < -0.3 is 16.0 Å². The smallest absolute Gasteiger partial charge is 0.242 e. The Morgan fingerprint density at radius 2 is 2.08 bits per heavy atom. The Hall–Kier alpha value is -2.67. The van der Waals surface area contributed by atoms with Gasteiger partial charge in [0.1, 0.15) is 6.04 Å². The Labute approximate surface area is 153 Å². The molecule has 1 saturated heterocycles. The Morgan fingerprint density at radius 3 is 2.77 bits per heavy atom. The third-order valence-corrected chi connectivity index (χ3v) is 4.77. The maximum absolute atomic E-state index is 12.7. The van der Waals surface area contributed by atoms with Crippen molar-refractivity contribution in [2.45, 2.75) is 25.4 Å². The molecule has 3 atom stereocenters. The van der Waals surface area contributed by atoms with E-state index in [0.29, 0.717) is 13.1 Å². The summed E-state index contributed by atoms with van der Waals surface area (Å²) in [6.07, 6.45) is 3.74. The lowest BCUT2D eigenvalue weighted by molar-refractivity contribution is -0.130. The second kappa shape index (κ2) is 8.14. The summed E-state index contributed by atoms with van der Waals surface area (Å²) >= 11 is 0. The van der Waals surface area contributed by atoms with Gasteiger partial charge in [0.05, 0.1) is 12.1 Å². The normalized spacial score (nSPS) is 20.5. The molecule has 2 amide bonds. The summed E-state index contributed by atoms with van der Waals surface area (Å²) in [6, 6.07) is 9.11. The fourth-order valence-corrected chi connectivity index (χ4v) is 3.26. The van der Waals surface area contributed by atoms with Gasteiger partial charge in [0.2, 0.25) is 11.8 Å². The monoisotopic (exact) mass is 355 g/mol. The molecule has 1 aromatic carbocycles. The minimum Gasteiger partial charge on any atom is -0.350 e. The molecule has 138 valence electrons. The van der Waals surface area contributed by atoms with Crippen LogP contribution >= 0.6 is 0 Å². The lowest BCUT2D eigenvalue weighted by Crippen LogP contribution is -2.47. The van der Waals surface area contributed by atoms with Crippen LogP contribution in [-0.4, -0.2) is 40.7 Å². The first-order valence-electron chi connectivity index (χ1n) is 8.86. The predicted octanol–water partition coefficient (Wildman–Crippen LogP) is 0.544. The Bertz CT molecular complexity index is 758. The van der Waals surface area contributed by atoms with Crippen LogP contribution in [0.1, 0.15) is 24.0 Å². The molecule has 0 spiro atoms. The van der Waals surface area contributed by atoms with Crippen LogP contribution in [-0.2, 0) is 23.2 Å². The van der Waals surface area contributed by atoms with Crippen LogP contribution in [0.15, 0.2) is 42.7 Å². The summed E-state index contributed by atoms with van der Waals surface area (Å²) < 4.78 is 1.74. The first-order valence-corrected chi connectivity index (χ1v) is 8.86. The number of carbonyl (C=O) groups is 2. The van der Waals surface area contributed by atoms with Crippen LogP contribution in [0, 0.1) is 5.92 Å². The maximum atomic E-state index is 12.7. The number of hydrogen-bond acceptors (Lipinski definition) is 4. The Kier molecular flexibility index (Phi) is 5.68.